The number of anilines is 1. The third kappa shape index (κ3) is 3.37. The minimum absolute atomic E-state index is 0.0222. The Bertz CT molecular complexity index is 733. The molecule has 2 aromatic heterocycles. The van der Waals surface area contributed by atoms with Gasteiger partial charge in [-0.3, -0.25) is 9.78 Å². The average molecular weight is 326 g/mol. The molecule has 0 aromatic carbocycles. The molecule has 24 heavy (non-hydrogen) atoms. The van der Waals surface area contributed by atoms with Gasteiger partial charge < -0.3 is 10.1 Å². The maximum atomic E-state index is 11.7. The van der Waals surface area contributed by atoms with Crippen LogP contribution in [0.25, 0.3) is 11.5 Å². The van der Waals surface area contributed by atoms with Crippen LogP contribution in [0, 0.1) is 19.8 Å². The van der Waals surface area contributed by atoms with Crippen LogP contribution in [-0.2, 0) is 9.53 Å². The van der Waals surface area contributed by atoms with Crippen LogP contribution in [-0.4, -0.2) is 34.1 Å². The SMILES string of the molecule is COC(=O)[C@H]1CC[C@@H](Nc2nc(-c3ccccn3)nc(C)c2C)C1. The molecule has 0 radical (unpaired) electrons. The normalized spacial score (nSPS) is 20.0. The molecule has 1 aliphatic carbocycles. The summed E-state index contributed by atoms with van der Waals surface area (Å²) in [5.74, 6) is 1.29. The molecule has 1 saturated carbocycles. The molecule has 126 valence electrons. The topological polar surface area (TPSA) is 77.0 Å². The third-order valence-corrected chi connectivity index (χ3v) is 4.59. The molecular weight excluding hydrogens is 304 g/mol. The zero-order valence-electron chi connectivity index (χ0n) is 14.2. The number of methoxy groups -OCH3 is 1. The van der Waals surface area contributed by atoms with Crippen LogP contribution < -0.4 is 5.32 Å². The van der Waals surface area contributed by atoms with Gasteiger partial charge in [-0.15, -0.1) is 0 Å². The highest BCUT2D eigenvalue weighted by Crippen LogP contribution is 2.30. The number of aryl methyl sites for hydroxylation is 1. The van der Waals surface area contributed by atoms with Gasteiger partial charge in [-0.1, -0.05) is 6.07 Å². The summed E-state index contributed by atoms with van der Waals surface area (Å²) in [7, 11) is 1.44. The van der Waals surface area contributed by atoms with Gasteiger partial charge >= 0.3 is 5.97 Å². The lowest BCUT2D eigenvalue weighted by Gasteiger charge is -2.17. The number of pyridine rings is 1. The molecule has 1 fully saturated rings. The summed E-state index contributed by atoms with van der Waals surface area (Å²) in [5, 5.41) is 3.48. The molecule has 1 N–H and O–H groups in total. The first-order valence-electron chi connectivity index (χ1n) is 8.19. The van der Waals surface area contributed by atoms with E-state index in [1.54, 1.807) is 6.20 Å². The number of aromatic nitrogens is 3. The second-order valence-electron chi connectivity index (χ2n) is 6.20. The summed E-state index contributed by atoms with van der Waals surface area (Å²) in [6.45, 7) is 3.98. The lowest BCUT2D eigenvalue weighted by Crippen LogP contribution is -2.20. The largest absolute Gasteiger partial charge is 0.469 e. The zero-order chi connectivity index (χ0) is 17.1. The zero-order valence-corrected chi connectivity index (χ0v) is 14.2. The Hall–Kier alpha value is -2.50. The van der Waals surface area contributed by atoms with E-state index in [-0.39, 0.29) is 17.9 Å². The van der Waals surface area contributed by atoms with E-state index in [1.807, 2.05) is 32.0 Å². The summed E-state index contributed by atoms with van der Waals surface area (Å²) in [4.78, 5) is 25.2. The van der Waals surface area contributed by atoms with E-state index in [1.165, 1.54) is 7.11 Å². The number of carbonyl (C=O) groups is 1. The van der Waals surface area contributed by atoms with Crippen molar-refractivity contribution in [1.29, 1.82) is 0 Å². The third-order valence-electron chi connectivity index (χ3n) is 4.59. The highest BCUT2D eigenvalue weighted by atomic mass is 16.5. The average Bonchev–Trinajstić information content (AvgIpc) is 3.07. The standard InChI is InChI=1S/C18H22N4O2/c1-11-12(2)20-17(15-6-4-5-9-19-15)22-16(11)21-14-8-7-13(10-14)18(23)24-3/h4-6,9,13-14H,7-8,10H2,1-3H3,(H,20,21,22)/t13-,14+/m0/s1. The van der Waals surface area contributed by atoms with E-state index in [9.17, 15) is 4.79 Å². The van der Waals surface area contributed by atoms with Crippen molar-refractivity contribution in [1.82, 2.24) is 15.0 Å². The van der Waals surface area contributed by atoms with Crippen LogP contribution >= 0.6 is 0 Å². The van der Waals surface area contributed by atoms with Crippen LogP contribution in [0.1, 0.15) is 30.5 Å². The molecule has 0 bridgehead atoms. The number of esters is 1. The van der Waals surface area contributed by atoms with Gasteiger partial charge in [0.2, 0.25) is 0 Å². The van der Waals surface area contributed by atoms with Crippen LogP contribution in [0.15, 0.2) is 24.4 Å². The second-order valence-corrected chi connectivity index (χ2v) is 6.20. The van der Waals surface area contributed by atoms with Gasteiger partial charge in [0.1, 0.15) is 11.5 Å². The predicted molar refractivity (Wildman–Crippen MR) is 91.5 cm³/mol. The van der Waals surface area contributed by atoms with E-state index >= 15 is 0 Å². The van der Waals surface area contributed by atoms with E-state index in [4.69, 9.17) is 4.74 Å². The number of nitrogens with one attached hydrogen (secondary N) is 1. The Morgan fingerprint density at radius 3 is 2.79 bits per heavy atom. The molecule has 6 heteroatoms. The first-order valence-corrected chi connectivity index (χ1v) is 8.19. The molecule has 0 unspecified atom stereocenters. The van der Waals surface area contributed by atoms with Crippen molar-refractivity contribution in [3.8, 4) is 11.5 Å². The first-order chi connectivity index (χ1) is 11.6. The lowest BCUT2D eigenvalue weighted by molar-refractivity contribution is -0.145. The number of hydrogen-bond acceptors (Lipinski definition) is 6. The van der Waals surface area contributed by atoms with Gasteiger partial charge in [-0.25, -0.2) is 9.97 Å². The molecule has 0 spiro atoms. The molecule has 3 rings (SSSR count). The van der Waals surface area contributed by atoms with Gasteiger partial charge in [0.25, 0.3) is 0 Å². The van der Waals surface area contributed by atoms with Gasteiger partial charge in [0, 0.05) is 23.5 Å². The van der Waals surface area contributed by atoms with Gasteiger partial charge in [0.05, 0.1) is 13.0 Å². The summed E-state index contributed by atoms with van der Waals surface area (Å²) in [6.07, 6.45) is 4.29. The van der Waals surface area contributed by atoms with Crippen molar-refractivity contribution in [2.75, 3.05) is 12.4 Å². The summed E-state index contributed by atoms with van der Waals surface area (Å²) < 4.78 is 4.85. The fourth-order valence-electron chi connectivity index (χ4n) is 3.07. The fourth-order valence-corrected chi connectivity index (χ4v) is 3.07. The molecule has 6 nitrogen and oxygen atoms in total. The number of hydrogen-bond donors (Lipinski definition) is 1. The maximum Gasteiger partial charge on any atom is 0.308 e. The van der Waals surface area contributed by atoms with Crippen LogP contribution in [0.3, 0.4) is 0 Å². The van der Waals surface area contributed by atoms with E-state index in [0.717, 1.165) is 42.0 Å². The van der Waals surface area contributed by atoms with Crippen molar-refractivity contribution in [2.45, 2.75) is 39.2 Å². The van der Waals surface area contributed by atoms with Crippen LogP contribution in [0.5, 0.6) is 0 Å². The van der Waals surface area contributed by atoms with Crippen molar-refractivity contribution < 1.29 is 9.53 Å². The number of ether oxygens (including phenoxy) is 1. The summed E-state index contributed by atoms with van der Waals surface area (Å²) in [5.41, 5.74) is 2.70. The second kappa shape index (κ2) is 6.95. The maximum absolute atomic E-state index is 11.7. The number of rotatable bonds is 4. The van der Waals surface area contributed by atoms with E-state index < -0.39 is 0 Å². The van der Waals surface area contributed by atoms with E-state index in [0.29, 0.717) is 5.82 Å². The highest BCUT2D eigenvalue weighted by molar-refractivity contribution is 5.72. The predicted octanol–water partition coefficient (Wildman–Crippen LogP) is 2.91. The molecule has 2 heterocycles. The Labute approximate surface area is 141 Å². The Balaban J connectivity index is 1.81. The Morgan fingerprint density at radius 1 is 1.25 bits per heavy atom. The van der Waals surface area contributed by atoms with Crippen molar-refractivity contribution in [3.05, 3.63) is 35.7 Å². The lowest BCUT2D eigenvalue weighted by atomic mass is 10.1. The highest BCUT2D eigenvalue weighted by Gasteiger charge is 2.31. The van der Waals surface area contributed by atoms with Crippen LogP contribution in [0.2, 0.25) is 0 Å². The van der Waals surface area contributed by atoms with Crippen LogP contribution in [0.4, 0.5) is 5.82 Å². The van der Waals surface area contributed by atoms with Gasteiger partial charge in [0.15, 0.2) is 5.82 Å². The molecular formula is C18H22N4O2. The molecule has 0 aliphatic heterocycles. The number of carbonyl (C=O) groups excluding carboxylic acids is 1. The molecule has 1 aliphatic rings. The molecule has 0 amide bonds. The molecule has 0 saturated heterocycles. The minimum Gasteiger partial charge on any atom is -0.469 e. The smallest absolute Gasteiger partial charge is 0.308 e. The summed E-state index contributed by atoms with van der Waals surface area (Å²) >= 11 is 0. The first kappa shape index (κ1) is 16.4. The monoisotopic (exact) mass is 326 g/mol. The minimum atomic E-state index is -0.121. The van der Waals surface area contributed by atoms with Crippen molar-refractivity contribution >= 4 is 11.8 Å². The quantitative estimate of drug-likeness (QED) is 0.871. The van der Waals surface area contributed by atoms with E-state index in [2.05, 4.69) is 20.3 Å². The van der Waals surface area contributed by atoms with Crippen molar-refractivity contribution in [3.63, 3.8) is 0 Å². The summed E-state index contributed by atoms with van der Waals surface area (Å²) in [6, 6.07) is 5.91. The van der Waals surface area contributed by atoms with Gasteiger partial charge in [-0.05, 0) is 45.2 Å². The molecule has 2 atom stereocenters. The Kier molecular flexibility index (Phi) is 4.74. The molecule has 2 aromatic rings. The number of nitrogens with zero attached hydrogens (tertiary/aromatic N) is 3. The van der Waals surface area contributed by atoms with Crippen molar-refractivity contribution in [2.24, 2.45) is 5.92 Å². The fraction of sp³-hybridized carbons (Fsp3) is 0.444. The van der Waals surface area contributed by atoms with Gasteiger partial charge in [-0.2, -0.15) is 0 Å². The Morgan fingerprint density at radius 2 is 2.08 bits per heavy atom.